The first-order valence-electron chi connectivity index (χ1n) is 8.87. The molecule has 1 amide bonds. The minimum absolute atomic E-state index is 0.0887. The maximum Gasteiger partial charge on any atom is 0.244 e. The van der Waals surface area contributed by atoms with Gasteiger partial charge in [-0.25, -0.2) is 8.42 Å². The highest BCUT2D eigenvalue weighted by Gasteiger charge is 2.29. The fraction of sp³-hybridized carbons (Fsp3) is 0.0909. The van der Waals surface area contributed by atoms with Gasteiger partial charge in [-0.05, 0) is 47.5 Å². The number of pyridine rings is 1. The lowest BCUT2D eigenvalue weighted by Crippen LogP contribution is -2.31. The van der Waals surface area contributed by atoms with Crippen LogP contribution in [-0.2, 0) is 14.6 Å². The van der Waals surface area contributed by atoms with Crippen molar-refractivity contribution < 1.29 is 13.2 Å². The van der Waals surface area contributed by atoms with E-state index in [-0.39, 0.29) is 17.3 Å². The van der Waals surface area contributed by atoms with Crippen molar-refractivity contribution >= 4 is 33.4 Å². The molecule has 5 nitrogen and oxygen atoms in total. The van der Waals surface area contributed by atoms with E-state index < -0.39 is 15.1 Å². The van der Waals surface area contributed by atoms with Gasteiger partial charge in [0.05, 0.1) is 4.90 Å². The average molecular weight is 427 g/mol. The van der Waals surface area contributed by atoms with Crippen molar-refractivity contribution in [2.24, 2.45) is 0 Å². The lowest BCUT2D eigenvalue weighted by atomic mass is 10.2. The smallest absolute Gasteiger partial charge is 0.244 e. The molecular weight excluding hydrogens is 408 g/mol. The maximum atomic E-state index is 13.2. The second-order valence-electron chi connectivity index (χ2n) is 6.26. The Morgan fingerprint density at radius 2 is 1.76 bits per heavy atom. The summed E-state index contributed by atoms with van der Waals surface area (Å²) in [5, 5.41) is 2.15. The Balaban J connectivity index is 1.80. The minimum atomic E-state index is -3.77. The van der Waals surface area contributed by atoms with E-state index in [4.69, 9.17) is 11.6 Å². The number of benzene rings is 2. The van der Waals surface area contributed by atoms with Crippen molar-refractivity contribution in [3.05, 3.63) is 101 Å². The van der Waals surface area contributed by atoms with Crippen LogP contribution in [0.1, 0.15) is 16.4 Å². The molecular formula is C22H19ClN2O3S. The van der Waals surface area contributed by atoms with Crippen LogP contribution in [0.4, 0.5) is 0 Å². The van der Waals surface area contributed by atoms with Gasteiger partial charge in [-0.2, -0.15) is 0 Å². The topological polar surface area (TPSA) is 76.1 Å². The van der Waals surface area contributed by atoms with Crippen LogP contribution < -0.4 is 5.32 Å². The van der Waals surface area contributed by atoms with Crippen molar-refractivity contribution in [2.45, 2.75) is 10.1 Å². The Morgan fingerprint density at radius 3 is 2.41 bits per heavy atom. The molecule has 1 heterocycles. The van der Waals surface area contributed by atoms with Crippen LogP contribution in [-0.4, -0.2) is 25.9 Å². The van der Waals surface area contributed by atoms with Gasteiger partial charge in [0.2, 0.25) is 5.91 Å². The van der Waals surface area contributed by atoms with Gasteiger partial charge in [-0.15, -0.1) is 0 Å². The first-order chi connectivity index (χ1) is 14.0. The van der Waals surface area contributed by atoms with E-state index >= 15 is 0 Å². The van der Waals surface area contributed by atoms with Crippen molar-refractivity contribution in [1.82, 2.24) is 10.3 Å². The minimum Gasteiger partial charge on any atom is -0.351 e. The Bertz CT molecular complexity index is 1080. The van der Waals surface area contributed by atoms with E-state index in [2.05, 4.69) is 10.3 Å². The summed E-state index contributed by atoms with van der Waals surface area (Å²) in [5.74, 6) is -0.381. The summed E-state index contributed by atoms with van der Waals surface area (Å²) in [5.41, 5.74) is 1.37. The molecule has 1 aromatic heterocycles. The summed E-state index contributed by atoms with van der Waals surface area (Å²) in [6, 6.07) is 18.7. The van der Waals surface area contributed by atoms with Gasteiger partial charge >= 0.3 is 0 Å². The Hall–Kier alpha value is -2.96. The Morgan fingerprint density at radius 1 is 1.03 bits per heavy atom. The number of amides is 1. The molecule has 3 aromatic rings. The molecule has 1 unspecified atom stereocenters. The molecule has 0 bridgehead atoms. The van der Waals surface area contributed by atoms with Crippen LogP contribution in [0.2, 0.25) is 5.02 Å². The van der Waals surface area contributed by atoms with Crippen LogP contribution in [0, 0.1) is 0 Å². The molecule has 29 heavy (non-hydrogen) atoms. The standard InChI is InChI=1S/C22H19ClN2O3S/c23-19-9-11-20(12-10-19)29(27,28)21(18-7-4-14-24-15-18)16-25-22(26)13-8-17-5-2-1-3-6-17/h1-15,21H,16H2,(H,25,26)/b13-8+. The summed E-state index contributed by atoms with van der Waals surface area (Å²) in [4.78, 5) is 16.4. The predicted octanol–water partition coefficient (Wildman–Crippen LogP) is 4.08. The van der Waals surface area contributed by atoms with Gasteiger partial charge in [0.15, 0.2) is 9.84 Å². The van der Waals surface area contributed by atoms with Gasteiger partial charge < -0.3 is 5.32 Å². The molecule has 1 atom stereocenters. The van der Waals surface area contributed by atoms with Gasteiger partial charge in [0, 0.05) is 30.0 Å². The summed E-state index contributed by atoms with van der Waals surface area (Å²) in [6.07, 6.45) is 6.10. The number of rotatable bonds is 7. The zero-order chi connectivity index (χ0) is 20.7. The highest BCUT2D eigenvalue weighted by atomic mass is 35.5. The highest BCUT2D eigenvalue weighted by molar-refractivity contribution is 7.91. The highest BCUT2D eigenvalue weighted by Crippen LogP contribution is 2.28. The lowest BCUT2D eigenvalue weighted by molar-refractivity contribution is -0.116. The number of hydrogen-bond acceptors (Lipinski definition) is 4. The lowest BCUT2D eigenvalue weighted by Gasteiger charge is -2.18. The fourth-order valence-electron chi connectivity index (χ4n) is 2.75. The van der Waals surface area contributed by atoms with Crippen LogP contribution in [0.3, 0.4) is 0 Å². The predicted molar refractivity (Wildman–Crippen MR) is 114 cm³/mol. The number of hydrogen-bond donors (Lipinski definition) is 1. The molecule has 0 saturated heterocycles. The molecule has 148 valence electrons. The molecule has 0 spiro atoms. The largest absolute Gasteiger partial charge is 0.351 e. The summed E-state index contributed by atoms with van der Waals surface area (Å²) >= 11 is 5.88. The van der Waals surface area contributed by atoms with Crippen molar-refractivity contribution in [3.63, 3.8) is 0 Å². The van der Waals surface area contributed by atoms with Crippen molar-refractivity contribution in [3.8, 4) is 0 Å². The third-order valence-corrected chi connectivity index (χ3v) is 6.63. The molecule has 0 aliphatic carbocycles. The van der Waals surface area contributed by atoms with Crippen LogP contribution in [0.15, 0.2) is 90.1 Å². The Kier molecular flexibility index (Phi) is 6.80. The molecule has 7 heteroatoms. The first kappa shape index (κ1) is 20.8. The summed E-state index contributed by atoms with van der Waals surface area (Å²) in [6.45, 7) is -0.0887. The number of sulfone groups is 1. The van der Waals surface area contributed by atoms with E-state index in [0.29, 0.717) is 10.6 Å². The van der Waals surface area contributed by atoms with Crippen LogP contribution in [0.25, 0.3) is 6.08 Å². The molecule has 1 N–H and O–H groups in total. The zero-order valence-corrected chi connectivity index (χ0v) is 17.0. The van der Waals surface area contributed by atoms with E-state index in [1.54, 1.807) is 24.4 Å². The molecule has 3 rings (SSSR count). The third-order valence-electron chi connectivity index (χ3n) is 4.26. The maximum absolute atomic E-state index is 13.2. The molecule has 0 saturated carbocycles. The first-order valence-corrected chi connectivity index (χ1v) is 10.8. The number of carbonyl (C=O) groups excluding carboxylic acids is 1. The van der Waals surface area contributed by atoms with Gasteiger partial charge in [-0.3, -0.25) is 9.78 Å². The van der Waals surface area contributed by atoms with Crippen molar-refractivity contribution in [1.29, 1.82) is 0 Å². The molecule has 0 aliphatic rings. The molecule has 0 aliphatic heterocycles. The normalized spacial score (nSPS) is 12.6. The SMILES string of the molecule is O=C(/C=C/c1ccccc1)NCC(c1cccnc1)S(=O)(=O)c1ccc(Cl)cc1. The molecule has 2 aromatic carbocycles. The second-order valence-corrected chi connectivity index (χ2v) is 8.83. The van der Waals surface area contributed by atoms with Gasteiger partial charge in [0.25, 0.3) is 0 Å². The van der Waals surface area contributed by atoms with E-state index in [0.717, 1.165) is 5.56 Å². The molecule has 0 radical (unpaired) electrons. The number of nitrogens with zero attached hydrogens (tertiary/aromatic N) is 1. The van der Waals surface area contributed by atoms with E-state index in [1.165, 1.54) is 36.5 Å². The van der Waals surface area contributed by atoms with Gasteiger partial charge in [-0.1, -0.05) is 48.0 Å². The monoisotopic (exact) mass is 426 g/mol. The number of carbonyl (C=O) groups is 1. The quantitative estimate of drug-likeness (QED) is 0.577. The molecule has 0 fully saturated rings. The number of nitrogens with one attached hydrogen (secondary N) is 1. The van der Waals surface area contributed by atoms with Crippen molar-refractivity contribution in [2.75, 3.05) is 6.54 Å². The number of aromatic nitrogens is 1. The van der Waals surface area contributed by atoms with E-state index in [1.807, 2.05) is 30.3 Å². The zero-order valence-electron chi connectivity index (χ0n) is 15.4. The summed E-state index contributed by atoms with van der Waals surface area (Å²) in [7, 11) is -3.77. The third kappa shape index (κ3) is 5.53. The van der Waals surface area contributed by atoms with Gasteiger partial charge in [0.1, 0.15) is 5.25 Å². The number of halogens is 1. The van der Waals surface area contributed by atoms with Crippen LogP contribution in [0.5, 0.6) is 0 Å². The second kappa shape index (κ2) is 9.49. The average Bonchev–Trinajstić information content (AvgIpc) is 2.74. The fourth-order valence-corrected chi connectivity index (χ4v) is 4.52. The van der Waals surface area contributed by atoms with E-state index in [9.17, 15) is 13.2 Å². The Labute approximate surface area is 175 Å². The van der Waals surface area contributed by atoms with Crippen LogP contribution >= 0.6 is 11.6 Å². The summed E-state index contributed by atoms with van der Waals surface area (Å²) < 4.78 is 26.4.